The monoisotopic (exact) mass is 436 g/mol. The second-order valence-corrected chi connectivity index (χ2v) is 9.28. The molecule has 0 aromatic carbocycles. The van der Waals surface area contributed by atoms with Gasteiger partial charge in [0.05, 0.1) is 17.9 Å². The molecule has 0 aliphatic carbocycles. The van der Waals surface area contributed by atoms with Crippen LogP contribution in [0.2, 0.25) is 0 Å². The van der Waals surface area contributed by atoms with Crippen LogP contribution in [0.3, 0.4) is 0 Å². The molecule has 0 aliphatic rings. The number of aryl methyl sites for hydroxylation is 2. The minimum Gasteiger partial charge on any atom is -0.462 e. The van der Waals surface area contributed by atoms with Gasteiger partial charge in [-0.25, -0.2) is 4.79 Å². The quantitative estimate of drug-likeness (QED) is 0.443. The zero-order valence-electron chi connectivity index (χ0n) is 15.9. The predicted molar refractivity (Wildman–Crippen MR) is 113 cm³/mol. The van der Waals surface area contributed by atoms with Gasteiger partial charge in [-0.3, -0.25) is 4.79 Å². The van der Waals surface area contributed by atoms with E-state index in [-0.39, 0.29) is 18.3 Å². The number of nitrogens with zero attached hydrogens (tertiary/aromatic N) is 3. The van der Waals surface area contributed by atoms with Gasteiger partial charge in [0.1, 0.15) is 5.00 Å². The first-order valence-corrected chi connectivity index (χ1v) is 11.2. The average molecular weight is 437 g/mol. The Hall–Kier alpha value is -2.17. The summed E-state index contributed by atoms with van der Waals surface area (Å²) in [6, 6.07) is 3.79. The molecule has 3 aromatic rings. The van der Waals surface area contributed by atoms with E-state index in [2.05, 4.69) is 21.6 Å². The van der Waals surface area contributed by atoms with E-state index in [4.69, 9.17) is 4.74 Å². The van der Waals surface area contributed by atoms with E-state index in [1.807, 2.05) is 30.8 Å². The molecule has 3 rings (SSSR count). The van der Waals surface area contributed by atoms with Gasteiger partial charge < -0.3 is 14.6 Å². The number of amides is 1. The van der Waals surface area contributed by atoms with Gasteiger partial charge in [-0.2, -0.15) is 0 Å². The Bertz CT molecular complexity index is 1010. The minimum absolute atomic E-state index is 0.161. The third kappa shape index (κ3) is 4.62. The third-order valence-electron chi connectivity index (χ3n) is 3.76. The fraction of sp³-hybridized carbons (Fsp3) is 0.333. The highest BCUT2D eigenvalue weighted by atomic mass is 32.2. The van der Waals surface area contributed by atoms with E-state index < -0.39 is 5.97 Å². The summed E-state index contributed by atoms with van der Waals surface area (Å²) < 4.78 is 6.92. The van der Waals surface area contributed by atoms with Crippen molar-refractivity contribution in [1.29, 1.82) is 0 Å². The highest BCUT2D eigenvalue weighted by Gasteiger charge is 2.19. The van der Waals surface area contributed by atoms with E-state index in [9.17, 15) is 9.59 Å². The molecule has 0 saturated heterocycles. The number of hydrogen-bond donors (Lipinski definition) is 1. The second-order valence-electron chi connectivity index (χ2n) is 5.97. The standard InChI is InChI=1S/C18H20N4O3S3/c1-5-25-17(24)13-7-11(3)28-16(13)19-14(23)9-27-18-21-20-15(22(18)4)12-6-10(2)26-8-12/h6-8H,5,9H2,1-4H3,(H,19,23). The van der Waals surface area contributed by atoms with Crippen molar-refractivity contribution < 1.29 is 14.3 Å². The fourth-order valence-corrected chi connectivity index (χ4v) is 4.82. The van der Waals surface area contributed by atoms with Crippen molar-refractivity contribution in [3.63, 3.8) is 0 Å². The fourth-order valence-electron chi connectivity index (χ4n) is 2.51. The van der Waals surface area contributed by atoms with Crippen molar-refractivity contribution in [1.82, 2.24) is 14.8 Å². The normalized spacial score (nSPS) is 10.9. The zero-order chi connectivity index (χ0) is 20.3. The van der Waals surface area contributed by atoms with Crippen LogP contribution in [0.25, 0.3) is 11.4 Å². The summed E-state index contributed by atoms with van der Waals surface area (Å²) >= 11 is 4.31. The first kappa shape index (κ1) is 20.6. The van der Waals surface area contributed by atoms with E-state index >= 15 is 0 Å². The summed E-state index contributed by atoms with van der Waals surface area (Å²) in [6.07, 6.45) is 0. The maximum Gasteiger partial charge on any atom is 0.341 e. The van der Waals surface area contributed by atoms with Crippen LogP contribution in [-0.2, 0) is 16.6 Å². The number of esters is 1. The SMILES string of the molecule is CCOC(=O)c1cc(C)sc1NC(=O)CSc1nnc(-c2csc(C)c2)n1C. The van der Waals surface area contributed by atoms with Crippen molar-refractivity contribution in [3.05, 3.63) is 32.8 Å². The number of ether oxygens (including phenoxy) is 1. The molecule has 7 nitrogen and oxygen atoms in total. The molecule has 10 heteroatoms. The summed E-state index contributed by atoms with van der Waals surface area (Å²) in [7, 11) is 1.88. The van der Waals surface area contributed by atoms with Crippen LogP contribution in [0.4, 0.5) is 5.00 Å². The number of thioether (sulfide) groups is 1. The van der Waals surface area contributed by atoms with E-state index in [1.165, 1.54) is 28.0 Å². The van der Waals surface area contributed by atoms with Gasteiger partial charge >= 0.3 is 5.97 Å². The Morgan fingerprint density at radius 2 is 2.04 bits per heavy atom. The molecule has 28 heavy (non-hydrogen) atoms. The van der Waals surface area contributed by atoms with Crippen molar-refractivity contribution in [2.24, 2.45) is 7.05 Å². The van der Waals surface area contributed by atoms with Crippen LogP contribution >= 0.6 is 34.4 Å². The lowest BCUT2D eigenvalue weighted by Gasteiger charge is -2.06. The molecule has 3 aromatic heterocycles. The van der Waals surface area contributed by atoms with Crippen LogP contribution < -0.4 is 5.32 Å². The molecular formula is C18H20N4O3S3. The van der Waals surface area contributed by atoms with Crippen molar-refractivity contribution in [2.75, 3.05) is 17.7 Å². The van der Waals surface area contributed by atoms with Crippen LogP contribution in [-0.4, -0.2) is 39.0 Å². The highest BCUT2D eigenvalue weighted by molar-refractivity contribution is 7.99. The predicted octanol–water partition coefficient (Wildman–Crippen LogP) is 4.13. The summed E-state index contributed by atoms with van der Waals surface area (Å²) in [5.74, 6) is 0.284. The number of aromatic nitrogens is 3. The van der Waals surface area contributed by atoms with Gasteiger partial charge in [0, 0.05) is 27.7 Å². The third-order valence-corrected chi connectivity index (χ3v) is 6.61. The summed E-state index contributed by atoms with van der Waals surface area (Å²) in [5.41, 5.74) is 1.40. The molecule has 0 radical (unpaired) electrons. The maximum atomic E-state index is 12.4. The smallest absolute Gasteiger partial charge is 0.341 e. The Kier molecular flexibility index (Phi) is 6.53. The van der Waals surface area contributed by atoms with E-state index in [0.717, 1.165) is 16.3 Å². The van der Waals surface area contributed by atoms with Gasteiger partial charge in [-0.15, -0.1) is 32.9 Å². The Morgan fingerprint density at radius 3 is 2.71 bits per heavy atom. The molecule has 0 saturated carbocycles. The lowest BCUT2D eigenvalue weighted by atomic mass is 10.3. The molecule has 1 N–H and O–H groups in total. The number of carbonyl (C=O) groups excluding carboxylic acids is 2. The molecular weight excluding hydrogens is 416 g/mol. The molecule has 3 heterocycles. The number of nitrogens with one attached hydrogen (secondary N) is 1. The maximum absolute atomic E-state index is 12.4. The Balaban J connectivity index is 1.64. The summed E-state index contributed by atoms with van der Waals surface area (Å²) in [5, 5.41) is 14.4. The Morgan fingerprint density at radius 1 is 1.25 bits per heavy atom. The molecule has 1 amide bonds. The first-order chi connectivity index (χ1) is 13.4. The second kappa shape index (κ2) is 8.89. The zero-order valence-corrected chi connectivity index (χ0v) is 18.4. The molecule has 0 aliphatic heterocycles. The number of anilines is 1. The van der Waals surface area contributed by atoms with Gasteiger partial charge in [-0.1, -0.05) is 11.8 Å². The first-order valence-electron chi connectivity index (χ1n) is 8.54. The highest BCUT2D eigenvalue weighted by Crippen LogP contribution is 2.29. The largest absolute Gasteiger partial charge is 0.462 e. The van der Waals surface area contributed by atoms with Gasteiger partial charge in [0.2, 0.25) is 5.91 Å². The van der Waals surface area contributed by atoms with Crippen LogP contribution in [0, 0.1) is 13.8 Å². The summed E-state index contributed by atoms with van der Waals surface area (Å²) in [4.78, 5) is 26.5. The minimum atomic E-state index is -0.432. The van der Waals surface area contributed by atoms with Crippen molar-refractivity contribution in [2.45, 2.75) is 25.9 Å². The summed E-state index contributed by atoms with van der Waals surface area (Å²) in [6.45, 7) is 5.96. The lowest BCUT2D eigenvalue weighted by molar-refractivity contribution is -0.113. The van der Waals surface area contributed by atoms with E-state index in [1.54, 1.807) is 24.3 Å². The van der Waals surface area contributed by atoms with Crippen molar-refractivity contribution in [3.8, 4) is 11.4 Å². The van der Waals surface area contributed by atoms with Gasteiger partial charge in [0.25, 0.3) is 0 Å². The van der Waals surface area contributed by atoms with Gasteiger partial charge in [0.15, 0.2) is 11.0 Å². The average Bonchev–Trinajstić information content (AvgIpc) is 3.32. The molecule has 0 bridgehead atoms. The van der Waals surface area contributed by atoms with E-state index in [0.29, 0.717) is 15.7 Å². The molecule has 0 unspecified atom stereocenters. The lowest BCUT2D eigenvalue weighted by Crippen LogP contribution is -2.16. The number of hydrogen-bond acceptors (Lipinski definition) is 8. The number of thiophene rings is 2. The molecule has 0 fully saturated rings. The van der Waals surface area contributed by atoms with Crippen molar-refractivity contribution >= 4 is 51.3 Å². The van der Waals surface area contributed by atoms with Crippen LogP contribution in [0.1, 0.15) is 27.0 Å². The number of rotatable bonds is 7. The van der Waals surface area contributed by atoms with Crippen LogP contribution in [0.15, 0.2) is 22.7 Å². The van der Waals surface area contributed by atoms with Gasteiger partial charge in [-0.05, 0) is 32.9 Å². The Labute approximate surface area is 175 Å². The topological polar surface area (TPSA) is 86.1 Å². The van der Waals surface area contributed by atoms with Crippen LogP contribution in [0.5, 0.6) is 0 Å². The molecule has 0 atom stereocenters. The molecule has 148 valence electrons. The molecule has 0 spiro atoms. The number of carbonyl (C=O) groups is 2.